The average Bonchev–Trinajstić information content (AvgIpc) is 3.53. The van der Waals surface area contributed by atoms with Crippen molar-refractivity contribution >= 4 is 29.7 Å². The van der Waals surface area contributed by atoms with E-state index in [9.17, 15) is 9.59 Å². The van der Waals surface area contributed by atoms with Crippen LogP contribution in [0.15, 0.2) is 64.1 Å². The van der Waals surface area contributed by atoms with Gasteiger partial charge in [0.2, 0.25) is 0 Å². The molecule has 1 unspecified atom stereocenters. The summed E-state index contributed by atoms with van der Waals surface area (Å²) in [5, 5.41) is 2.94. The van der Waals surface area contributed by atoms with Gasteiger partial charge in [-0.25, -0.2) is 0 Å². The van der Waals surface area contributed by atoms with Crippen LogP contribution in [0.1, 0.15) is 94.8 Å². The van der Waals surface area contributed by atoms with E-state index < -0.39 is 0 Å². The minimum atomic E-state index is -0.0739. The number of nitrogens with zero attached hydrogens (tertiary/aromatic N) is 2. The maximum absolute atomic E-state index is 13.2. The highest BCUT2D eigenvalue weighted by Gasteiger charge is 2.18. The van der Waals surface area contributed by atoms with Gasteiger partial charge in [0.15, 0.2) is 5.78 Å². The van der Waals surface area contributed by atoms with Crippen LogP contribution in [0.5, 0.6) is 0 Å². The second-order valence-corrected chi connectivity index (χ2v) is 11.3. The maximum atomic E-state index is 13.2. The Balaban J connectivity index is 1.37. The second-order valence-electron chi connectivity index (χ2n) is 11.3. The zero-order valence-electron chi connectivity index (χ0n) is 25.5. The fraction of sp³-hybridized carbons (Fsp3) is 0.444. The highest BCUT2D eigenvalue weighted by atomic mass is 16.5. The summed E-state index contributed by atoms with van der Waals surface area (Å²) in [6.07, 6.45) is 16.0. The predicted molar refractivity (Wildman–Crippen MR) is 173 cm³/mol. The molecular formula is C36H45N3O3. The highest BCUT2D eigenvalue weighted by Crippen LogP contribution is 2.26. The van der Waals surface area contributed by atoms with Crippen LogP contribution in [-0.2, 0) is 11.2 Å². The molecule has 222 valence electrons. The van der Waals surface area contributed by atoms with Crippen LogP contribution in [0.2, 0.25) is 0 Å². The first-order valence-electron chi connectivity index (χ1n) is 15.4. The molecule has 0 saturated heterocycles. The van der Waals surface area contributed by atoms with E-state index in [2.05, 4.69) is 29.4 Å². The van der Waals surface area contributed by atoms with E-state index in [0.29, 0.717) is 31.2 Å². The number of rotatable bonds is 13. The van der Waals surface area contributed by atoms with E-state index in [4.69, 9.17) is 9.73 Å². The summed E-state index contributed by atoms with van der Waals surface area (Å²) in [5.41, 5.74) is 8.01. The molecule has 1 N–H and O–H groups in total. The Bertz CT molecular complexity index is 1350. The van der Waals surface area contributed by atoms with Crippen molar-refractivity contribution in [3.63, 3.8) is 0 Å². The topological polar surface area (TPSA) is 80.1 Å². The zero-order chi connectivity index (χ0) is 29.7. The monoisotopic (exact) mass is 567 g/mol. The first-order chi connectivity index (χ1) is 20.5. The molecule has 1 heterocycles. The van der Waals surface area contributed by atoms with Crippen molar-refractivity contribution in [2.75, 3.05) is 33.4 Å². The van der Waals surface area contributed by atoms with E-state index >= 15 is 0 Å². The number of carbonyl (C=O) groups excluding carboxylic acids is 2. The van der Waals surface area contributed by atoms with E-state index in [0.717, 1.165) is 85.7 Å². The number of ether oxygens (including phenoxy) is 1. The third kappa shape index (κ3) is 8.45. The summed E-state index contributed by atoms with van der Waals surface area (Å²) in [4.78, 5) is 35.2. The van der Waals surface area contributed by atoms with E-state index in [-0.39, 0.29) is 11.7 Å². The first kappa shape index (κ1) is 31.3. The van der Waals surface area contributed by atoms with Crippen LogP contribution >= 0.6 is 0 Å². The number of carbonyl (C=O) groups is 2. The largest absolute Gasteiger partial charge is 0.383 e. The number of aliphatic imine (C=N–C) groups is 2. The van der Waals surface area contributed by atoms with Crippen LogP contribution in [0, 0.1) is 12.8 Å². The molecule has 2 aromatic carbocycles. The lowest BCUT2D eigenvalue weighted by Gasteiger charge is -2.18. The number of amides is 1. The van der Waals surface area contributed by atoms with Crippen LogP contribution in [-0.4, -0.2) is 57.5 Å². The Labute approximate surface area is 251 Å². The number of methoxy groups -OCH3 is 1. The molecule has 2 aliphatic rings. The second kappa shape index (κ2) is 16.1. The minimum Gasteiger partial charge on any atom is -0.383 e. The summed E-state index contributed by atoms with van der Waals surface area (Å²) >= 11 is 0. The standard InChI is InChI=1S/C36H45N3O3/c1-4-5-10-29-17-18-33(36(41)39-21-22-42-3)26(2)34(29)25-38-23-27-8-6-11-30(12-7-9-27)35(40)31-15-13-28(14-16-31)32-19-20-37-24-32/h11,13-20,25,27H,4-10,12,21-24H2,1-3H3,(H,39,41). The van der Waals surface area contributed by atoms with Gasteiger partial charge in [-0.3, -0.25) is 19.6 Å². The molecule has 4 rings (SSSR count). The van der Waals surface area contributed by atoms with Gasteiger partial charge < -0.3 is 10.1 Å². The molecular weight excluding hydrogens is 522 g/mol. The van der Waals surface area contributed by atoms with Crippen molar-refractivity contribution in [2.24, 2.45) is 15.9 Å². The Hall–Kier alpha value is -3.64. The molecule has 1 aliphatic heterocycles. The van der Waals surface area contributed by atoms with Crippen molar-refractivity contribution in [1.29, 1.82) is 0 Å². The fourth-order valence-corrected chi connectivity index (χ4v) is 5.72. The summed E-state index contributed by atoms with van der Waals surface area (Å²) in [7, 11) is 1.63. The SMILES string of the molecule is CCCCc1ccc(C(=O)NCCOC)c(C)c1C=NCC1CCC=C(C(=O)c2ccc(C3=CC=NC3)cc2)CCC1. The number of aryl methyl sites for hydroxylation is 1. The van der Waals surface area contributed by atoms with Gasteiger partial charge in [0.25, 0.3) is 5.91 Å². The molecule has 0 saturated carbocycles. The third-order valence-electron chi connectivity index (χ3n) is 8.30. The number of ketones is 1. The van der Waals surface area contributed by atoms with Gasteiger partial charge in [0.1, 0.15) is 0 Å². The van der Waals surface area contributed by atoms with E-state index in [1.54, 1.807) is 7.11 Å². The number of unbranched alkanes of at least 4 members (excludes halogenated alkanes) is 1. The number of Topliss-reactive ketones (excluding diaryl/α,β-unsaturated/α-hetero) is 1. The number of nitrogens with one attached hydrogen (secondary N) is 1. The average molecular weight is 568 g/mol. The highest BCUT2D eigenvalue weighted by molar-refractivity contribution is 6.08. The Morgan fingerprint density at radius 2 is 1.98 bits per heavy atom. The van der Waals surface area contributed by atoms with E-state index in [1.807, 2.05) is 55.8 Å². The smallest absolute Gasteiger partial charge is 0.251 e. The van der Waals surface area contributed by atoms with Gasteiger partial charge >= 0.3 is 0 Å². The van der Waals surface area contributed by atoms with Crippen molar-refractivity contribution in [3.8, 4) is 0 Å². The molecule has 2 aromatic rings. The third-order valence-corrected chi connectivity index (χ3v) is 8.30. The molecule has 1 atom stereocenters. The molecule has 0 radical (unpaired) electrons. The van der Waals surface area contributed by atoms with Crippen molar-refractivity contribution < 1.29 is 14.3 Å². The fourth-order valence-electron chi connectivity index (χ4n) is 5.72. The maximum Gasteiger partial charge on any atom is 0.251 e. The number of benzene rings is 2. The summed E-state index contributed by atoms with van der Waals surface area (Å²) in [6, 6.07) is 12.0. The molecule has 1 aliphatic carbocycles. The molecule has 6 heteroatoms. The predicted octanol–water partition coefficient (Wildman–Crippen LogP) is 6.99. The van der Waals surface area contributed by atoms with Gasteiger partial charge in [0, 0.05) is 43.8 Å². The Kier molecular flexibility index (Phi) is 12.0. The normalized spacial score (nSPS) is 17.1. The lowest BCUT2D eigenvalue weighted by Crippen LogP contribution is -2.28. The molecule has 6 nitrogen and oxygen atoms in total. The van der Waals surface area contributed by atoms with Gasteiger partial charge in [0.05, 0.1) is 13.2 Å². The number of hydrogen-bond donors (Lipinski definition) is 1. The van der Waals surface area contributed by atoms with Crippen LogP contribution < -0.4 is 5.32 Å². The van der Waals surface area contributed by atoms with E-state index in [1.165, 1.54) is 11.1 Å². The summed E-state index contributed by atoms with van der Waals surface area (Å²) in [5.74, 6) is 0.557. The van der Waals surface area contributed by atoms with Crippen LogP contribution in [0.4, 0.5) is 0 Å². The van der Waals surface area contributed by atoms with Crippen molar-refractivity contribution in [1.82, 2.24) is 5.32 Å². The first-order valence-corrected chi connectivity index (χ1v) is 15.4. The summed E-state index contributed by atoms with van der Waals surface area (Å²) in [6.45, 7) is 6.66. The van der Waals surface area contributed by atoms with Crippen LogP contribution in [0.25, 0.3) is 5.57 Å². The summed E-state index contributed by atoms with van der Waals surface area (Å²) < 4.78 is 5.07. The Morgan fingerprint density at radius 3 is 2.71 bits per heavy atom. The zero-order valence-corrected chi connectivity index (χ0v) is 25.5. The number of hydrogen-bond acceptors (Lipinski definition) is 5. The quantitative estimate of drug-likeness (QED) is 0.161. The van der Waals surface area contributed by atoms with Crippen molar-refractivity contribution in [2.45, 2.75) is 65.2 Å². The molecule has 42 heavy (non-hydrogen) atoms. The number of allylic oxidation sites excluding steroid dienone is 3. The lowest BCUT2D eigenvalue weighted by molar-refractivity contribution is 0.0936. The lowest BCUT2D eigenvalue weighted by atomic mass is 9.88. The molecule has 0 spiro atoms. The van der Waals surface area contributed by atoms with Crippen LogP contribution in [0.3, 0.4) is 0 Å². The molecule has 0 fully saturated rings. The molecule has 0 bridgehead atoms. The molecule has 0 aromatic heterocycles. The molecule has 1 amide bonds. The van der Waals surface area contributed by atoms with Gasteiger partial charge in [-0.2, -0.15) is 0 Å². The van der Waals surface area contributed by atoms with Gasteiger partial charge in [-0.1, -0.05) is 49.8 Å². The van der Waals surface area contributed by atoms with Crippen molar-refractivity contribution in [3.05, 3.63) is 87.5 Å². The minimum absolute atomic E-state index is 0.0739. The Morgan fingerprint density at radius 1 is 1.14 bits per heavy atom. The van der Waals surface area contributed by atoms with Gasteiger partial charge in [-0.15, -0.1) is 0 Å². The van der Waals surface area contributed by atoms with Gasteiger partial charge in [-0.05, 0) is 103 Å².